The Hall–Kier alpha value is -2.59. The lowest BCUT2D eigenvalue weighted by atomic mass is 10.1. The van der Waals surface area contributed by atoms with Crippen LogP contribution in [0.4, 0.5) is 5.69 Å². The van der Waals surface area contributed by atoms with Crippen LogP contribution < -0.4 is 10.1 Å². The number of anilines is 1. The van der Waals surface area contributed by atoms with Gasteiger partial charge in [0.05, 0.1) is 8.95 Å². The molecule has 0 aromatic heterocycles. The average Bonchev–Trinajstić information content (AvgIpc) is 2.78. The van der Waals surface area contributed by atoms with Gasteiger partial charge in [0.2, 0.25) is 0 Å². The van der Waals surface area contributed by atoms with E-state index >= 15 is 0 Å². The molecule has 0 radical (unpaired) electrons. The number of rotatable bonds is 7. The summed E-state index contributed by atoms with van der Waals surface area (Å²) in [5, 5.41) is 12.9. The third-order valence-electron chi connectivity index (χ3n) is 4.61. The van der Waals surface area contributed by atoms with Gasteiger partial charge in [0, 0.05) is 10.7 Å². The number of aryl methyl sites for hydroxylation is 1. The number of nitrogens with zero attached hydrogens (tertiary/aromatic N) is 1. The Kier molecular flexibility index (Phi) is 8.52. The standard InChI is InChI=1S/C25H19Br2ClN2O2/c1-2-16-5-9-21(10-6-16)30-25(31)19(14-29)11-18-12-22(26)24(23(27)13-18)32-15-17-3-7-20(28)8-4-17/h3-13H,2,15H2,1H3,(H,30,31)/b19-11+. The van der Waals surface area contributed by atoms with Crippen LogP contribution in [0, 0.1) is 11.3 Å². The number of nitriles is 1. The molecule has 0 fully saturated rings. The first kappa shape index (κ1) is 24.1. The number of hydrogen-bond acceptors (Lipinski definition) is 3. The van der Waals surface area contributed by atoms with Gasteiger partial charge < -0.3 is 10.1 Å². The van der Waals surface area contributed by atoms with Crippen LogP contribution in [0.15, 0.2) is 75.2 Å². The molecule has 0 aliphatic carbocycles. The Labute approximate surface area is 209 Å². The van der Waals surface area contributed by atoms with Crippen LogP contribution in [-0.4, -0.2) is 5.91 Å². The van der Waals surface area contributed by atoms with Gasteiger partial charge in [0.25, 0.3) is 5.91 Å². The SMILES string of the molecule is CCc1ccc(NC(=O)/C(C#N)=C/c2cc(Br)c(OCc3ccc(Cl)cc3)c(Br)c2)cc1. The Balaban J connectivity index is 1.74. The number of hydrogen-bond donors (Lipinski definition) is 1. The Morgan fingerprint density at radius 3 is 2.22 bits per heavy atom. The first-order valence-electron chi connectivity index (χ1n) is 9.78. The van der Waals surface area contributed by atoms with Gasteiger partial charge in [0.1, 0.15) is 24.0 Å². The van der Waals surface area contributed by atoms with E-state index in [0.29, 0.717) is 37.6 Å². The predicted molar refractivity (Wildman–Crippen MR) is 136 cm³/mol. The molecule has 3 rings (SSSR count). The van der Waals surface area contributed by atoms with E-state index in [2.05, 4.69) is 44.1 Å². The quantitative estimate of drug-likeness (QED) is 0.234. The van der Waals surface area contributed by atoms with Crippen LogP contribution in [0.3, 0.4) is 0 Å². The van der Waals surface area contributed by atoms with E-state index in [9.17, 15) is 10.1 Å². The summed E-state index contributed by atoms with van der Waals surface area (Å²) in [7, 11) is 0. The highest BCUT2D eigenvalue weighted by Crippen LogP contribution is 2.36. The molecule has 0 unspecified atom stereocenters. The maximum atomic E-state index is 12.6. The van der Waals surface area contributed by atoms with Gasteiger partial charge in [-0.2, -0.15) is 5.26 Å². The third kappa shape index (κ3) is 6.46. The summed E-state index contributed by atoms with van der Waals surface area (Å²) in [5.74, 6) is 0.156. The second-order valence-corrected chi connectivity index (χ2v) is 9.05. The van der Waals surface area contributed by atoms with Gasteiger partial charge in [-0.05, 0) is 97.4 Å². The predicted octanol–water partition coefficient (Wildman–Crippen LogP) is 7.55. The van der Waals surface area contributed by atoms with Crippen molar-refractivity contribution >= 4 is 61.1 Å². The van der Waals surface area contributed by atoms with Gasteiger partial charge in [-0.1, -0.05) is 42.8 Å². The average molecular weight is 575 g/mol. The molecular weight excluding hydrogens is 556 g/mol. The minimum atomic E-state index is -0.466. The minimum Gasteiger partial charge on any atom is -0.487 e. The van der Waals surface area contributed by atoms with E-state index < -0.39 is 5.91 Å². The van der Waals surface area contributed by atoms with Crippen molar-refractivity contribution in [2.24, 2.45) is 0 Å². The monoisotopic (exact) mass is 572 g/mol. The lowest BCUT2D eigenvalue weighted by molar-refractivity contribution is -0.112. The fraction of sp³-hybridized carbons (Fsp3) is 0.120. The number of nitrogens with one attached hydrogen (secondary N) is 1. The molecule has 3 aromatic rings. The van der Waals surface area contributed by atoms with Gasteiger partial charge in [-0.25, -0.2) is 0 Å². The minimum absolute atomic E-state index is 0.00167. The second-order valence-electron chi connectivity index (χ2n) is 6.90. The van der Waals surface area contributed by atoms with E-state index in [0.717, 1.165) is 12.0 Å². The van der Waals surface area contributed by atoms with Crippen molar-refractivity contribution in [3.05, 3.63) is 96.9 Å². The summed E-state index contributed by atoms with van der Waals surface area (Å²) in [6.45, 7) is 2.43. The molecule has 0 aliphatic rings. The number of ether oxygens (including phenoxy) is 1. The van der Waals surface area contributed by atoms with Gasteiger partial charge in [0.15, 0.2) is 0 Å². The number of halogens is 3. The largest absolute Gasteiger partial charge is 0.487 e. The van der Waals surface area contributed by atoms with Crippen LogP contribution >= 0.6 is 43.5 Å². The van der Waals surface area contributed by atoms with Crippen molar-refractivity contribution in [3.8, 4) is 11.8 Å². The molecule has 0 heterocycles. The van der Waals surface area contributed by atoms with Gasteiger partial charge >= 0.3 is 0 Å². The first-order valence-corrected chi connectivity index (χ1v) is 11.7. The zero-order valence-corrected chi connectivity index (χ0v) is 21.1. The van der Waals surface area contributed by atoms with E-state index in [4.69, 9.17) is 16.3 Å². The van der Waals surface area contributed by atoms with Crippen LogP contribution in [0.5, 0.6) is 5.75 Å². The summed E-state index contributed by atoms with van der Waals surface area (Å²) in [5.41, 5.74) is 3.47. The number of carbonyl (C=O) groups is 1. The molecule has 1 N–H and O–H groups in total. The topological polar surface area (TPSA) is 62.1 Å². The summed E-state index contributed by atoms with van der Waals surface area (Å²) in [4.78, 5) is 12.6. The Morgan fingerprint density at radius 2 is 1.66 bits per heavy atom. The smallest absolute Gasteiger partial charge is 0.266 e. The number of amides is 1. The zero-order valence-electron chi connectivity index (χ0n) is 17.2. The highest BCUT2D eigenvalue weighted by atomic mass is 79.9. The van der Waals surface area contributed by atoms with Gasteiger partial charge in [-0.15, -0.1) is 0 Å². The molecule has 1 amide bonds. The molecule has 0 spiro atoms. The van der Waals surface area contributed by atoms with Crippen molar-refractivity contribution in [1.82, 2.24) is 0 Å². The highest BCUT2D eigenvalue weighted by Gasteiger charge is 2.13. The Morgan fingerprint density at radius 1 is 1.06 bits per heavy atom. The summed E-state index contributed by atoms with van der Waals surface area (Å²) in [6, 6.07) is 20.5. The second kappa shape index (κ2) is 11.3. The normalized spacial score (nSPS) is 11.0. The van der Waals surface area contributed by atoms with Crippen LogP contribution in [0.2, 0.25) is 5.02 Å². The lowest BCUT2D eigenvalue weighted by Gasteiger charge is -2.12. The molecule has 4 nitrogen and oxygen atoms in total. The third-order valence-corrected chi connectivity index (χ3v) is 6.04. The van der Waals surface area contributed by atoms with Gasteiger partial charge in [-0.3, -0.25) is 4.79 Å². The molecule has 0 saturated heterocycles. The maximum Gasteiger partial charge on any atom is 0.266 e. The first-order chi connectivity index (χ1) is 15.4. The van der Waals surface area contributed by atoms with Crippen molar-refractivity contribution in [3.63, 3.8) is 0 Å². The van der Waals surface area contributed by atoms with Crippen molar-refractivity contribution < 1.29 is 9.53 Å². The van der Waals surface area contributed by atoms with Crippen LogP contribution in [0.25, 0.3) is 6.08 Å². The molecule has 162 valence electrons. The van der Waals surface area contributed by atoms with Crippen molar-refractivity contribution in [1.29, 1.82) is 5.26 Å². The molecule has 0 aliphatic heterocycles. The number of benzene rings is 3. The highest BCUT2D eigenvalue weighted by molar-refractivity contribution is 9.11. The van der Waals surface area contributed by atoms with Crippen LogP contribution in [0.1, 0.15) is 23.6 Å². The number of carbonyl (C=O) groups excluding carboxylic acids is 1. The van der Waals surface area contributed by atoms with E-state index in [1.54, 1.807) is 12.1 Å². The molecule has 0 atom stereocenters. The maximum absolute atomic E-state index is 12.6. The van der Waals surface area contributed by atoms with Crippen molar-refractivity contribution in [2.45, 2.75) is 20.0 Å². The van der Waals surface area contributed by atoms with Crippen LogP contribution in [-0.2, 0) is 17.8 Å². The Bertz CT molecular complexity index is 1160. The zero-order chi connectivity index (χ0) is 23.1. The molecule has 0 bridgehead atoms. The fourth-order valence-corrected chi connectivity index (χ4v) is 4.45. The molecule has 7 heteroatoms. The molecular formula is C25H19Br2ClN2O2. The summed E-state index contributed by atoms with van der Waals surface area (Å²) < 4.78 is 7.31. The van der Waals surface area contributed by atoms with E-state index in [-0.39, 0.29) is 5.57 Å². The molecule has 32 heavy (non-hydrogen) atoms. The molecule has 3 aromatic carbocycles. The fourth-order valence-electron chi connectivity index (χ4n) is 2.87. The van der Waals surface area contributed by atoms with E-state index in [1.165, 1.54) is 11.6 Å². The molecule has 0 saturated carbocycles. The summed E-state index contributed by atoms with van der Waals surface area (Å²) >= 11 is 12.9. The summed E-state index contributed by atoms with van der Waals surface area (Å²) in [6.07, 6.45) is 2.45. The van der Waals surface area contributed by atoms with E-state index in [1.807, 2.05) is 54.6 Å². The van der Waals surface area contributed by atoms with Crippen molar-refractivity contribution in [2.75, 3.05) is 5.32 Å². The lowest BCUT2D eigenvalue weighted by Crippen LogP contribution is -2.13.